The maximum absolute atomic E-state index is 13.6. The molecule has 0 radical (unpaired) electrons. The van der Waals surface area contributed by atoms with Crippen LogP contribution in [-0.2, 0) is 20.7 Å². The Labute approximate surface area is 327 Å². The van der Waals surface area contributed by atoms with Gasteiger partial charge in [0.2, 0.25) is 11.8 Å². The number of aromatic amines is 1. The molecule has 11 heteroatoms. The molecule has 288 valence electrons. The number of nitrogens with zero attached hydrogens (tertiary/aromatic N) is 4. The molecule has 11 nitrogen and oxygen atoms in total. The lowest BCUT2D eigenvalue weighted by atomic mass is 9.92. The quantitative estimate of drug-likeness (QED) is 0.138. The van der Waals surface area contributed by atoms with Crippen molar-refractivity contribution in [2.45, 2.75) is 70.1 Å². The van der Waals surface area contributed by atoms with Gasteiger partial charge in [-0.25, -0.2) is 9.78 Å². The van der Waals surface area contributed by atoms with Gasteiger partial charge in [0.15, 0.2) is 0 Å². The molecular formula is C45H49N7O4. The van der Waals surface area contributed by atoms with Crippen LogP contribution in [0.4, 0.5) is 4.79 Å². The van der Waals surface area contributed by atoms with Crippen LogP contribution in [0, 0.1) is 5.92 Å². The Balaban J connectivity index is 0.964. The van der Waals surface area contributed by atoms with Crippen LogP contribution >= 0.6 is 0 Å². The highest BCUT2D eigenvalue weighted by Crippen LogP contribution is 2.37. The first-order valence-corrected chi connectivity index (χ1v) is 19.8. The number of carbonyl (C=O) groups is 3. The molecule has 0 saturated carbocycles. The molecule has 8 rings (SSSR count). The first-order valence-electron chi connectivity index (χ1n) is 19.8. The van der Waals surface area contributed by atoms with Crippen LogP contribution in [0.1, 0.15) is 68.6 Å². The summed E-state index contributed by atoms with van der Waals surface area (Å²) < 4.78 is 4.78. The smallest absolute Gasteiger partial charge is 0.407 e. The second-order valence-electron chi connectivity index (χ2n) is 15.4. The molecule has 3 aliphatic heterocycles. The van der Waals surface area contributed by atoms with E-state index >= 15 is 0 Å². The van der Waals surface area contributed by atoms with Crippen molar-refractivity contribution >= 4 is 34.5 Å². The SMILES string of the molecule is COC(=O)NC(C(=O)N1CCCC1c1ncc(-c2ccc(-c3ccc(C4CN=C(C5CCCN5C(=O)Cc5ccccc5)N4)c4ccccc34)cc2)[nH]1)C(C)C. The third-order valence-electron chi connectivity index (χ3n) is 11.5. The summed E-state index contributed by atoms with van der Waals surface area (Å²) in [5, 5.41) is 8.80. The molecule has 4 heterocycles. The van der Waals surface area contributed by atoms with Crippen molar-refractivity contribution in [3.8, 4) is 22.4 Å². The summed E-state index contributed by atoms with van der Waals surface area (Å²) >= 11 is 0. The minimum atomic E-state index is -0.680. The van der Waals surface area contributed by atoms with E-state index < -0.39 is 12.1 Å². The standard InChI is InChI=1S/C45H49N7O4/c1-28(2)41(50-45(55)56-3)44(54)52-24-10-16-39(52)43-46-26-36(48-43)31-19-17-30(18-20-31)32-21-22-35(34-14-8-7-13-33(32)34)37-27-47-42(49-37)38-15-9-23-51(38)40(53)25-29-11-5-4-6-12-29/h4-8,11-14,17-22,26,28,37-39,41H,9-10,15-16,23-25,27H2,1-3H3,(H,46,48)(H,47,49)(H,50,55). The molecule has 2 saturated heterocycles. The Hall–Kier alpha value is -5.97. The molecule has 3 N–H and O–H groups in total. The van der Waals surface area contributed by atoms with Crippen molar-refractivity contribution in [3.05, 3.63) is 114 Å². The van der Waals surface area contributed by atoms with Crippen LogP contribution in [0.15, 0.2) is 102 Å². The Kier molecular flexibility index (Phi) is 10.6. The molecule has 0 bridgehead atoms. The van der Waals surface area contributed by atoms with Gasteiger partial charge >= 0.3 is 6.09 Å². The van der Waals surface area contributed by atoms with E-state index in [1.54, 1.807) is 0 Å². The van der Waals surface area contributed by atoms with Crippen LogP contribution in [-0.4, -0.2) is 82.3 Å². The molecular weight excluding hydrogens is 703 g/mol. The van der Waals surface area contributed by atoms with Crippen LogP contribution in [0.5, 0.6) is 0 Å². The molecule has 5 aromatic rings. The number of fused-ring (bicyclic) bond motifs is 1. The molecule has 1 aromatic heterocycles. The summed E-state index contributed by atoms with van der Waals surface area (Å²) in [7, 11) is 1.30. The number of amides is 3. The second kappa shape index (κ2) is 16.0. The topological polar surface area (TPSA) is 132 Å². The zero-order chi connectivity index (χ0) is 38.8. The number of benzene rings is 4. The summed E-state index contributed by atoms with van der Waals surface area (Å²) in [6.45, 7) is 5.82. The molecule has 0 spiro atoms. The number of imidazole rings is 1. The maximum atomic E-state index is 13.6. The number of carbonyl (C=O) groups excluding carboxylic acids is 3. The third kappa shape index (κ3) is 7.37. The van der Waals surface area contributed by atoms with Gasteiger partial charge in [0.05, 0.1) is 50.1 Å². The number of rotatable bonds is 10. The minimum absolute atomic E-state index is 0.0154. The first-order chi connectivity index (χ1) is 27.3. The molecule has 4 unspecified atom stereocenters. The summed E-state index contributed by atoms with van der Waals surface area (Å²) in [5.41, 5.74) is 6.37. The van der Waals surface area contributed by atoms with E-state index in [0.29, 0.717) is 19.5 Å². The van der Waals surface area contributed by atoms with Crippen molar-refractivity contribution in [1.29, 1.82) is 0 Å². The highest BCUT2D eigenvalue weighted by molar-refractivity contribution is 6.00. The fourth-order valence-electron chi connectivity index (χ4n) is 8.61. The van der Waals surface area contributed by atoms with Gasteiger partial charge in [-0.1, -0.05) is 105 Å². The van der Waals surface area contributed by atoms with Crippen molar-refractivity contribution in [2.75, 3.05) is 26.7 Å². The number of H-pyrrole nitrogens is 1. The largest absolute Gasteiger partial charge is 0.453 e. The van der Waals surface area contributed by atoms with E-state index in [4.69, 9.17) is 14.7 Å². The van der Waals surface area contributed by atoms with E-state index in [-0.39, 0.29) is 35.9 Å². The van der Waals surface area contributed by atoms with Gasteiger partial charge in [0.1, 0.15) is 17.7 Å². The summed E-state index contributed by atoms with van der Waals surface area (Å²) in [6, 6.07) is 30.5. The number of aromatic nitrogens is 2. The van der Waals surface area contributed by atoms with Gasteiger partial charge < -0.3 is 30.2 Å². The Morgan fingerprint density at radius 2 is 1.54 bits per heavy atom. The number of alkyl carbamates (subject to hydrolysis) is 1. The molecule has 3 aliphatic rings. The van der Waals surface area contributed by atoms with E-state index in [1.165, 1.54) is 23.4 Å². The zero-order valence-corrected chi connectivity index (χ0v) is 32.2. The van der Waals surface area contributed by atoms with Crippen molar-refractivity contribution < 1.29 is 19.1 Å². The lowest BCUT2D eigenvalue weighted by molar-refractivity contribution is -0.135. The van der Waals surface area contributed by atoms with Crippen LogP contribution in [0.25, 0.3) is 33.2 Å². The number of hydrogen-bond acceptors (Lipinski definition) is 7. The number of aliphatic imine (C=N–C) groups is 1. The van der Waals surface area contributed by atoms with Gasteiger partial charge in [-0.05, 0) is 70.2 Å². The van der Waals surface area contributed by atoms with Crippen molar-refractivity contribution in [1.82, 2.24) is 30.4 Å². The third-order valence-corrected chi connectivity index (χ3v) is 11.5. The highest BCUT2D eigenvalue weighted by Gasteiger charge is 2.38. The molecule has 2 fully saturated rings. The van der Waals surface area contributed by atoms with E-state index in [2.05, 4.69) is 76.3 Å². The normalized spacial score (nSPS) is 19.9. The van der Waals surface area contributed by atoms with Gasteiger partial charge in [-0.15, -0.1) is 0 Å². The number of nitrogens with one attached hydrogen (secondary N) is 3. The monoisotopic (exact) mass is 751 g/mol. The van der Waals surface area contributed by atoms with Gasteiger partial charge in [-0.3, -0.25) is 14.6 Å². The predicted octanol–water partition coefficient (Wildman–Crippen LogP) is 7.22. The van der Waals surface area contributed by atoms with Crippen molar-refractivity contribution in [2.24, 2.45) is 10.9 Å². The number of likely N-dealkylation sites (tertiary alicyclic amines) is 2. The summed E-state index contributed by atoms with van der Waals surface area (Å²) in [5.74, 6) is 1.58. The lowest BCUT2D eigenvalue weighted by Gasteiger charge is -2.30. The number of methoxy groups -OCH3 is 1. The Morgan fingerprint density at radius 3 is 2.29 bits per heavy atom. The molecule has 0 aliphatic carbocycles. The minimum Gasteiger partial charge on any atom is -0.453 e. The number of hydrogen-bond donors (Lipinski definition) is 3. The Bertz CT molecular complexity index is 2250. The predicted molar refractivity (Wildman–Crippen MR) is 218 cm³/mol. The van der Waals surface area contributed by atoms with Crippen LogP contribution in [0.2, 0.25) is 0 Å². The fraction of sp³-hybridized carbons (Fsp3) is 0.356. The average Bonchev–Trinajstić information content (AvgIpc) is 4.07. The fourth-order valence-corrected chi connectivity index (χ4v) is 8.61. The van der Waals surface area contributed by atoms with Gasteiger partial charge in [0.25, 0.3) is 0 Å². The molecule has 56 heavy (non-hydrogen) atoms. The van der Waals surface area contributed by atoms with E-state index in [0.717, 1.165) is 71.8 Å². The van der Waals surface area contributed by atoms with Gasteiger partial charge in [-0.2, -0.15) is 0 Å². The first kappa shape index (κ1) is 37.0. The molecule has 3 amide bonds. The van der Waals surface area contributed by atoms with Crippen molar-refractivity contribution in [3.63, 3.8) is 0 Å². The second-order valence-corrected chi connectivity index (χ2v) is 15.4. The summed E-state index contributed by atoms with van der Waals surface area (Å²) in [4.78, 5) is 56.0. The van der Waals surface area contributed by atoms with E-state index in [1.807, 2.05) is 60.2 Å². The van der Waals surface area contributed by atoms with E-state index in [9.17, 15) is 14.4 Å². The van der Waals surface area contributed by atoms with Crippen LogP contribution < -0.4 is 10.6 Å². The Morgan fingerprint density at radius 1 is 0.839 bits per heavy atom. The lowest BCUT2D eigenvalue weighted by Crippen LogP contribution is -2.51. The number of amidine groups is 1. The summed E-state index contributed by atoms with van der Waals surface area (Å²) in [6.07, 6.45) is 5.17. The molecule has 4 aromatic carbocycles. The van der Waals surface area contributed by atoms with Gasteiger partial charge in [0, 0.05) is 13.1 Å². The van der Waals surface area contributed by atoms with Crippen LogP contribution in [0.3, 0.4) is 0 Å². The maximum Gasteiger partial charge on any atom is 0.407 e. The zero-order valence-electron chi connectivity index (χ0n) is 32.2. The highest BCUT2D eigenvalue weighted by atomic mass is 16.5. The average molecular weight is 752 g/mol. The molecule has 4 atom stereocenters. The number of ether oxygens (including phenoxy) is 1.